The number of fused-ring (bicyclic) bond motifs is 1. The van der Waals surface area contributed by atoms with Gasteiger partial charge in [-0.2, -0.15) is 0 Å². The van der Waals surface area contributed by atoms with Crippen LogP contribution in [-0.2, 0) is 22.6 Å². The molecule has 4 aliphatic heterocycles. The Labute approximate surface area is 309 Å². The summed E-state index contributed by atoms with van der Waals surface area (Å²) in [6, 6.07) is 10.6. The number of aldehydes is 1. The molecule has 3 fully saturated rings. The van der Waals surface area contributed by atoms with Gasteiger partial charge in [0.25, 0.3) is 6.09 Å². The Kier molecular flexibility index (Phi) is 11.2. The van der Waals surface area contributed by atoms with E-state index in [2.05, 4.69) is 42.1 Å². The molecule has 50 heavy (non-hydrogen) atoms. The number of hydrogen-bond donors (Lipinski definition) is 3. The van der Waals surface area contributed by atoms with Crippen molar-refractivity contribution in [3.05, 3.63) is 56.5 Å². The first-order valence-electron chi connectivity index (χ1n) is 17.5. The number of quaternary nitrogens is 1. The molecule has 270 valence electrons. The molecule has 14 heteroatoms. The number of urea groups is 1. The summed E-state index contributed by atoms with van der Waals surface area (Å²) in [5.74, 6) is 0.0647. The van der Waals surface area contributed by atoms with Crippen molar-refractivity contribution in [3.8, 4) is 5.75 Å². The Morgan fingerprint density at radius 1 is 1.00 bits per heavy atom. The molecule has 3 amide bonds. The molecule has 0 aromatic heterocycles. The molecule has 6 rings (SSSR count). The van der Waals surface area contributed by atoms with E-state index >= 15 is 0 Å². The summed E-state index contributed by atoms with van der Waals surface area (Å²) in [5, 5.41) is 36.4. The van der Waals surface area contributed by atoms with Crippen molar-refractivity contribution in [3.63, 3.8) is 0 Å². The molecule has 12 nitrogen and oxygen atoms in total. The highest BCUT2D eigenvalue weighted by Gasteiger charge is 2.61. The Bertz CT molecular complexity index is 1590. The zero-order chi connectivity index (χ0) is 35.6. The fourth-order valence-corrected chi connectivity index (χ4v) is 10.6. The number of rotatable bonds is 9. The molecule has 3 saturated heterocycles. The van der Waals surface area contributed by atoms with Gasteiger partial charge in [-0.3, -0.25) is 19.1 Å². The summed E-state index contributed by atoms with van der Waals surface area (Å²) >= 11 is 6.80. The number of phenolic OH excluding ortho intramolecular Hbond substituents is 1. The largest absolute Gasteiger partial charge is 0.506 e. The highest BCUT2D eigenvalue weighted by atomic mass is 79.9. The van der Waals surface area contributed by atoms with Crippen LogP contribution in [0.2, 0.25) is 0 Å². The lowest BCUT2D eigenvalue weighted by Gasteiger charge is -2.62. The van der Waals surface area contributed by atoms with Gasteiger partial charge in [0, 0.05) is 49.8 Å². The molecule has 4 heterocycles. The number of nitrogens with zero attached hydrogens (tertiary/aromatic N) is 4. The normalized spacial score (nSPS) is 27.3. The molecular weight excluding hydrogens is 774 g/mol. The van der Waals surface area contributed by atoms with Crippen molar-refractivity contribution < 1.29 is 39.0 Å². The van der Waals surface area contributed by atoms with Gasteiger partial charge in [0.05, 0.1) is 28.5 Å². The fraction of sp³-hybridized carbons (Fsp3) is 0.556. The molecule has 0 aliphatic carbocycles. The predicted molar refractivity (Wildman–Crippen MR) is 191 cm³/mol. The number of carboxylic acids is 1. The number of carboxylic acid groups (broad SMARTS) is 2. The number of phenols is 1. The molecule has 0 spiro atoms. The van der Waals surface area contributed by atoms with Crippen LogP contribution in [0.4, 0.5) is 15.3 Å². The van der Waals surface area contributed by atoms with Gasteiger partial charge in [-0.25, -0.2) is 4.79 Å². The summed E-state index contributed by atoms with van der Waals surface area (Å²) in [6.45, 7) is 3.38. The number of likely N-dealkylation sites (tertiary alicyclic amines) is 3. The van der Waals surface area contributed by atoms with E-state index in [0.29, 0.717) is 58.8 Å². The number of nitrogens with one attached hydrogen (secondary N) is 1. The van der Waals surface area contributed by atoms with E-state index in [1.165, 1.54) is 0 Å². The molecule has 3 atom stereocenters. The maximum Gasteiger partial charge on any atom is 0.322 e. The van der Waals surface area contributed by atoms with Crippen LogP contribution in [0, 0.1) is 11.8 Å². The number of carbonyl (C=O) groups excluding carboxylic acids is 3. The van der Waals surface area contributed by atoms with E-state index in [0.717, 1.165) is 56.3 Å². The number of aliphatic carboxylic acids is 1. The maximum absolute atomic E-state index is 13.7. The van der Waals surface area contributed by atoms with E-state index in [1.54, 1.807) is 12.1 Å². The minimum Gasteiger partial charge on any atom is -0.506 e. The second kappa shape index (κ2) is 15.3. The smallest absolute Gasteiger partial charge is 0.322 e. The van der Waals surface area contributed by atoms with Crippen LogP contribution < -0.4 is 10.4 Å². The quantitative estimate of drug-likeness (QED) is 0.243. The average Bonchev–Trinajstić information content (AvgIpc) is 3.26. The summed E-state index contributed by atoms with van der Waals surface area (Å²) in [5.41, 5.74) is 1.27. The number of halogens is 2. The van der Waals surface area contributed by atoms with E-state index in [1.807, 2.05) is 34.1 Å². The average molecular weight is 820 g/mol. The van der Waals surface area contributed by atoms with Crippen LogP contribution >= 0.6 is 31.9 Å². The minimum absolute atomic E-state index is 0.00986. The van der Waals surface area contributed by atoms with Crippen LogP contribution in [0.1, 0.15) is 56.1 Å². The number of aromatic hydroxyl groups is 1. The maximum atomic E-state index is 13.7. The number of amides is 3. The zero-order valence-corrected chi connectivity index (χ0v) is 31.2. The Morgan fingerprint density at radius 3 is 2.26 bits per heavy atom. The van der Waals surface area contributed by atoms with Gasteiger partial charge in [0.2, 0.25) is 0 Å². The molecule has 0 bridgehead atoms. The van der Waals surface area contributed by atoms with Crippen molar-refractivity contribution >= 4 is 61.9 Å². The number of benzene rings is 2. The van der Waals surface area contributed by atoms with Crippen molar-refractivity contribution in [2.75, 3.05) is 51.1 Å². The third-order valence-electron chi connectivity index (χ3n) is 11.9. The van der Waals surface area contributed by atoms with Crippen LogP contribution in [0.5, 0.6) is 5.75 Å². The second-order valence-corrected chi connectivity index (χ2v) is 16.1. The van der Waals surface area contributed by atoms with Crippen LogP contribution in [0.15, 0.2) is 45.3 Å². The van der Waals surface area contributed by atoms with Gasteiger partial charge < -0.3 is 35.1 Å². The highest BCUT2D eigenvalue weighted by Crippen LogP contribution is 2.47. The molecule has 2 aromatic carbocycles. The number of piperidine rings is 3. The lowest BCUT2D eigenvalue weighted by molar-refractivity contribution is -0.956. The lowest BCUT2D eigenvalue weighted by atomic mass is 9.76. The standard InChI is InChI=1S/C36H45Br2N5O7/c37-29-19-24(20-30(38)33(29)47)23-43(35(49)50)17-10-28(42-16-9-27-3-1-2-4-31(27)39-34(42)48)21-36(43,11-18-44)41-14-7-26(8-15-41)25-5-12-40(13-6-25)22-32(45)46/h1-4,18-20,25-26,28H,5-17,21-23H2,(H3-,39,45,46,47,48,49,50)/t28?,36?,43-/m0/s1. The molecule has 0 saturated carbocycles. The van der Waals surface area contributed by atoms with E-state index in [9.17, 15) is 34.5 Å². The fourth-order valence-electron chi connectivity index (χ4n) is 9.29. The topological polar surface area (TPSA) is 154 Å². The summed E-state index contributed by atoms with van der Waals surface area (Å²) in [4.78, 5) is 57.5. The van der Waals surface area contributed by atoms with E-state index in [-0.39, 0.29) is 50.3 Å². The third-order valence-corrected chi connectivity index (χ3v) is 13.1. The minimum atomic E-state index is -1.27. The van der Waals surface area contributed by atoms with Gasteiger partial charge in [-0.15, -0.1) is 0 Å². The van der Waals surface area contributed by atoms with Gasteiger partial charge in [0.15, 0.2) is 5.66 Å². The van der Waals surface area contributed by atoms with Gasteiger partial charge in [-0.05, 0) is 113 Å². The van der Waals surface area contributed by atoms with Crippen LogP contribution in [0.25, 0.3) is 0 Å². The molecule has 4 aliphatic rings. The first-order chi connectivity index (χ1) is 24.0. The first kappa shape index (κ1) is 36.7. The van der Waals surface area contributed by atoms with Crippen LogP contribution in [0.3, 0.4) is 0 Å². The van der Waals surface area contributed by atoms with Crippen molar-refractivity contribution in [1.82, 2.24) is 14.7 Å². The number of hydrogen-bond acceptors (Lipinski definition) is 8. The molecule has 0 radical (unpaired) electrons. The second-order valence-electron chi connectivity index (χ2n) is 14.4. The van der Waals surface area contributed by atoms with Gasteiger partial charge in [0.1, 0.15) is 18.6 Å². The third kappa shape index (κ3) is 7.19. The molecular formula is C36H45Br2N5O7. The van der Waals surface area contributed by atoms with Gasteiger partial charge >= 0.3 is 12.0 Å². The number of para-hydroxylation sites is 1. The SMILES string of the molecule is O=CCC1(N2CCC(C3CCN(CC(=O)O)CC3)CC2)CC(N2CCc3ccccc3NC2=O)CC[N@+]1(Cc1cc(Br)c(O)c(Br)c1)C(=O)[O-]. The Morgan fingerprint density at radius 2 is 1.64 bits per heavy atom. The van der Waals surface area contributed by atoms with Gasteiger partial charge in [-0.1, -0.05) is 18.2 Å². The predicted octanol–water partition coefficient (Wildman–Crippen LogP) is 4.62. The summed E-state index contributed by atoms with van der Waals surface area (Å²) < 4.78 is 0.343. The number of carbonyl (C=O) groups is 4. The Balaban J connectivity index is 1.32. The van der Waals surface area contributed by atoms with Crippen LogP contribution in [-0.4, -0.2) is 111 Å². The molecule has 3 N–H and O–H groups in total. The summed E-state index contributed by atoms with van der Waals surface area (Å²) in [6.07, 6.45) is 4.35. The first-order valence-corrected chi connectivity index (χ1v) is 19.1. The van der Waals surface area contributed by atoms with Crippen molar-refractivity contribution in [2.24, 2.45) is 11.8 Å². The van der Waals surface area contributed by atoms with Crippen molar-refractivity contribution in [2.45, 2.75) is 69.6 Å². The lowest BCUT2D eigenvalue weighted by Crippen LogP contribution is -2.80. The molecule has 2 aromatic rings. The van der Waals surface area contributed by atoms with E-state index in [4.69, 9.17) is 0 Å². The molecule has 2 unspecified atom stereocenters. The Hall–Kier alpha value is -3.04. The van der Waals surface area contributed by atoms with E-state index < -0.39 is 22.2 Å². The summed E-state index contributed by atoms with van der Waals surface area (Å²) in [7, 11) is 0. The zero-order valence-electron chi connectivity index (χ0n) is 28.1. The number of anilines is 1. The van der Waals surface area contributed by atoms with Crippen molar-refractivity contribution in [1.29, 1.82) is 0 Å². The monoisotopic (exact) mass is 817 g/mol. The highest BCUT2D eigenvalue weighted by molar-refractivity contribution is 9.11.